The van der Waals surface area contributed by atoms with Crippen LogP contribution in [0.2, 0.25) is 0 Å². The highest BCUT2D eigenvalue weighted by molar-refractivity contribution is 5.98. The lowest BCUT2D eigenvalue weighted by molar-refractivity contribution is -0.384. The van der Waals surface area contributed by atoms with Gasteiger partial charge in [0.2, 0.25) is 0 Å². The summed E-state index contributed by atoms with van der Waals surface area (Å²) in [4.78, 5) is 35.6. The Bertz CT molecular complexity index is 576. The van der Waals surface area contributed by atoms with Gasteiger partial charge in [-0.3, -0.25) is 14.9 Å². The molecule has 7 heteroatoms. The zero-order chi connectivity index (χ0) is 16.3. The molecule has 0 spiro atoms. The van der Waals surface area contributed by atoms with Crippen molar-refractivity contribution in [3.8, 4) is 0 Å². The highest BCUT2D eigenvalue weighted by atomic mass is 16.6. The van der Waals surface area contributed by atoms with E-state index in [2.05, 4.69) is 0 Å². The van der Waals surface area contributed by atoms with Crippen LogP contribution in [0.25, 0.3) is 0 Å². The number of benzene rings is 1. The maximum absolute atomic E-state index is 12.6. The third-order valence-electron chi connectivity index (χ3n) is 3.99. The van der Waals surface area contributed by atoms with Crippen LogP contribution in [0.4, 0.5) is 5.69 Å². The van der Waals surface area contributed by atoms with Crippen LogP contribution in [0.1, 0.15) is 53.3 Å². The largest absolute Gasteiger partial charge is 0.478 e. The standard InChI is InChI=1S/C15H18N2O5/c1-2-16(12-5-3-4-6-12)14(18)10-7-11(15(19)20)9-13(8-10)17(21)22/h7-9,12H,2-6H2,1H3,(H,19,20). The Morgan fingerprint density at radius 2 is 1.86 bits per heavy atom. The molecule has 0 bridgehead atoms. The first-order chi connectivity index (χ1) is 10.4. The van der Waals surface area contributed by atoms with E-state index in [-0.39, 0.29) is 28.8 Å². The summed E-state index contributed by atoms with van der Waals surface area (Å²) in [6.45, 7) is 2.35. The fourth-order valence-electron chi connectivity index (χ4n) is 2.91. The van der Waals surface area contributed by atoms with E-state index in [0.29, 0.717) is 6.54 Å². The maximum Gasteiger partial charge on any atom is 0.335 e. The minimum absolute atomic E-state index is 0.0559. The number of nitro groups is 1. The van der Waals surface area contributed by atoms with Gasteiger partial charge in [-0.25, -0.2) is 4.79 Å². The zero-order valence-corrected chi connectivity index (χ0v) is 12.3. The van der Waals surface area contributed by atoms with Crippen molar-refractivity contribution < 1.29 is 19.6 Å². The van der Waals surface area contributed by atoms with Gasteiger partial charge in [-0.2, -0.15) is 0 Å². The summed E-state index contributed by atoms with van der Waals surface area (Å²) in [6.07, 6.45) is 3.95. The molecule has 0 heterocycles. The normalized spacial score (nSPS) is 14.8. The van der Waals surface area contributed by atoms with Crippen LogP contribution >= 0.6 is 0 Å². The summed E-state index contributed by atoms with van der Waals surface area (Å²) in [6, 6.07) is 3.44. The average Bonchev–Trinajstić information content (AvgIpc) is 3.01. The number of nitrogens with zero attached hydrogens (tertiary/aromatic N) is 2. The first-order valence-corrected chi connectivity index (χ1v) is 7.27. The first kappa shape index (κ1) is 15.9. The van der Waals surface area contributed by atoms with Crippen molar-refractivity contribution in [2.75, 3.05) is 6.54 Å². The zero-order valence-electron chi connectivity index (χ0n) is 12.3. The van der Waals surface area contributed by atoms with Crippen LogP contribution in [0.5, 0.6) is 0 Å². The van der Waals surface area contributed by atoms with Crippen molar-refractivity contribution in [3.63, 3.8) is 0 Å². The van der Waals surface area contributed by atoms with Crippen LogP contribution < -0.4 is 0 Å². The number of nitro benzene ring substituents is 1. The van der Waals surface area contributed by atoms with Crippen LogP contribution in [0, 0.1) is 10.1 Å². The summed E-state index contributed by atoms with van der Waals surface area (Å²) >= 11 is 0. The molecule has 1 aliphatic carbocycles. The Morgan fingerprint density at radius 3 is 2.36 bits per heavy atom. The van der Waals surface area contributed by atoms with Crippen LogP contribution in [0.3, 0.4) is 0 Å². The maximum atomic E-state index is 12.6. The highest BCUT2D eigenvalue weighted by Crippen LogP contribution is 2.26. The van der Waals surface area contributed by atoms with Crippen molar-refractivity contribution in [2.45, 2.75) is 38.6 Å². The molecule has 1 aliphatic rings. The number of rotatable bonds is 5. The third-order valence-corrected chi connectivity index (χ3v) is 3.99. The molecule has 22 heavy (non-hydrogen) atoms. The van der Waals surface area contributed by atoms with Gasteiger partial charge in [0.1, 0.15) is 0 Å². The molecule has 1 fully saturated rings. The summed E-state index contributed by atoms with van der Waals surface area (Å²) in [7, 11) is 0. The molecule has 0 saturated heterocycles. The molecule has 1 saturated carbocycles. The summed E-state index contributed by atoms with van der Waals surface area (Å²) < 4.78 is 0. The van der Waals surface area contributed by atoms with Gasteiger partial charge in [0.25, 0.3) is 11.6 Å². The number of carbonyl (C=O) groups excluding carboxylic acids is 1. The Labute approximate surface area is 127 Å². The molecule has 7 nitrogen and oxygen atoms in total. The van der Waals surface area contributed by atoms with E-state index in [0.717, 1.165) is 37.8 Å². The molecule has 1 aromatic carbocycles. The lowest BCUT2D eigenvalue weighted by Gasteiger charge is -2.27. The van der Waals surface area contributed by atoms with Gasteiger partial charge < -0.3 is 10.0 Å². The van der Waals surface area contributed by atoms with E-state index in [1.165, 1.54) is 6.07 Å². The molecule has 0 atom stereocenters. The van der Waals surface area contributed by atoms with Crippen molar-refractivity contribution in [1.82, 2.24) is 4.90 Å². The van der Waals surface area contributed by atoms with E-state index in [1.54, 1.807) is 4.90 Å². The Balaban J connectivity index is 2.38. The van der Waals surface area contributed by atoms with Gasteiger partial charge in [-0.05, 0) is 25.8 Å². The van der Waals surface area contributed by atoms with Gasteiger partial charge in [-0.1, -0.05) is 12.8 Å². The second-order valence-electron chi connectivity index (χ2n) is 5.36. The third kappa shape index (κ3) is 3.24. The molecule has 1 amide bonds. The van der Waals surface area contributed by atoms with Gasteiger partial charge in [0, 0.05) is 30.3 Å². The molecule has 118 valence electrons. The fourth-order valence-corrected chi connectivity index (χ4v) is 2.91. The molecule has 0 radical (unpaired) electrons. The Hall–Kier alpha value is -2.44. The number of amides is 1. The van der Waals surface area contributed by atoms with Gasteiger partial charge in [0.05, 0.1) is 10.5 Å². The average molecular weight is 306 g/mol. The number of carboxylic acid groups (broad SMARTS) is 1. The monoisotopic (exact) mass is 306 g/mol. The second-order valence-corrected chi connectivity index (χ2v) is 5.36. The number of carboxylic acids is 1. The van der Waals surface area contributed by atoms with E-state index in [1.807, 2.05) is 6.92 Å². The predicted octanol–water partition coefficient (Wildman–Crippen LogP) is 2.70. The number of aromatic carboxylic acids is 1. The van der Waals surface area contributed by atoms with Crippen LogP contribution in [-0.4, -0.2) is 39.4 Å². The van der Waals surface area contributed by atoms with E-state index in [9.17, 15) is 19.7 Å². The van der Waals surface area contributed by atoms with Gasteiger partial charge >= 0.3 is 5.97 Å². The number of carbonyl (C=O) groups is 2. The smallest absolute Gasteiger partial charge is 0.335 e. The topological polar surface area (TPSA) is 101 Å². The number of hydrogen-bond donors (Lipinski definition) is 1. The first-order valence-electron chi connectivity index (χ1n) is 7.27. The van der Waals surface area contributed by atoms with Gasteiger partial charge in [-0.15, -0.1) is 0 Å². The highest BCUT2D eigenvalue weighted by Gasteiger charge is 2.27. The van der Waals surface area contributed by atoms with E-state index in [4.69, 9.17) is 5.11 Å². The van der Waals surface area contributed by atoms with Crippen molar-refractivity contribution in [1.29, 1.82) is 0 Å². The van der Waals surface area contributed by atoms with Crippen molar-refractivity contribution in [3.05, 3.63) is 39.4 Å². The Morgan fingerprint density at radius 1 is 1.27 bits per heavy atom. The lowest BCUT2D eigenvalue weighted by Crippen LogP contribution is -2.38. The molecule has 1 aromatic rings. The van der Waals surface area contributed by atoms with Crippen LogP contribution in [0.15, 0.2) is 18.2 Å². The van der Waals surface area contributed by atoms with Gasteiger partial charge in [0.15, 0.2) is 0 Å². The quantitative estimate of drug-likeness (QED) is 0.665. The summed E-state index contributed by atoms with van der Waals surface area (Å²) in [5, 5.41) is 20.0. The van der Waals surface area contributed by atoms with E-state index < -0.39 is 10.9 Å². The molecule has 2 rings (SSSR count). The lowest BCUT2D eigenvalue weighted by atomic mass is 10.1. The number of non-ortho nitro benzene ring substituents is 1. The molecular weight excluding hydrogens is 288 g/mol. The minimum atomic E-state index is -1.29. The Kier molecular flexibility index (Phi) is 4.75. The fraction of sp³-hybridized carbons (Fsp3) is 0.467. The van der Waals surface area contributed by atoms with Crippen LogP contribution in [-0.2, 0) is 0 Å². The molecule has 0 aromatic heterocycles. The molecule has 0 unspecified atom stereocenters. The molecular formula is C15H18N2O5. The van der Waals surface area contributed by atoms with Crippen molar-refractivity contribution in [2.24, 2.45) is 0 Å². The van der Waals surface area contributed by atoms with Crippen molar-refractivity contribution >= 4 is 17.6 Å². The number of hydrogen-bond acceptors (Lipinski definition) is 4. The predicted molar refractivity (Wildman–Crippen MR) is 79.0 cm³/mol. The minimum Gasteiger partial charge on any atom is -0.478 e. The molecule has 0 aliphatic heterocycles. The SMILES string of the molecule is CCN(C(=O)c1cc(C(=O)O)cc([N+](=O)[O-])c1)C1CCCC1. The van der Waals surface area contributed by atoms with E-state index >= 15 is 0 Å². The molecule has 1 N–H and O–H groups in total. The second kappa shape index (κ2) is 6.55. The summed E-state index contributed by atoms with van der Waals surface area (Å²) in [5.74, 6) is -1.64. The summed E-state index contributed by atoms with van der Waals surface area (Å²) in [5.41, 5.74) is -0.578.